The first-order chi connectivity index (χ1) is 13.4. The average Bonchev–Trinajstić information content (AvgIpc) is 2.69. The molecule has 2 amide bonds. The van der Waals surface area contributed by atoms with Crippen molar-refractivity contribution >= 4 is 11.8 Å². The molecule has 5 nitrogen and oxygen atoms in total. The van der Waals surface area contributed by atoms with Crippen LogP contribution < -0.4 is 10.1 Å². The number of nitrogens with zero attached hydrogens (tertiary/aromatic N) is 1. The van der Waals surface area contributed by atoms with E-state index in [1.54, 1.807) is 11.9 Å². The highest BCUT2D eigenvalue weighted by Crippen LogP contribution is 2.18. The number of nitrogens with one attached hydrogen (secondary N) is 1. The van der Waals surface area contributed by atoms with Gasteiger partial charge in [-0.05, 0) is 61.6 Å². The fraction of sp³-hybridized carbons (Fsp3) is 0.391. The van der Waals surface area contributed by atoms with Crippen LogP contribution in [0.1, 0.15) is 35.6 Å². The largest absolute Gasteiger partial charge is 0.484 e. The van der Waals surface area contributed by atoms with Crippen molar-refractivity contribution in [2.24, 2.45) is 0 Å². The van der Waals surface area contributed by atoms with Gasteiger partial charge in [-0.15, -0.1) is 0 Å². The zero-order valence-electron chi connectivity index (χ0n) is 17.4. The molecule has 5 heteroatoms. The second-order valence-electron chi connectivity index (χ2n) is 7.02. The summed E-state index contributed by atoms with van der Waals surface area (Å²) in [5.41, 5.74) is 4.38. The molecule has 1 atom stereocenters. The van der Waals surface area contributed by atoms with Crippen molar-refractivity contribution in [1.82, 2.24) is 10.2 Å². The van der Waals surface area contributed by atoms with E-state index in [1.165, 1.54) is 5.56 Å². The van der Waals surface area contributed by atoms with Crippen molar-refractivity contribution in [2.75, 3.05) is 13.7 Å². The molecule has 28 heavy (non-hydrogen) atoms. The van der Waals surface area contributed by atoms with Crippen LogP contribution in [0.25, 0.3) is 0 Å². The van der Waals surface area contributed by atoms with Crippen LogP contribution in [0.15, 0.2) is 42.5 Å². The van der Waals surface area contributed by atoms with E-state index in [2.05, 4.69) is 5.32 Å². The zero-order valence-corrected chi connectivity index (χ0v) is 17.4. The summed E-state index contributed by atoms with van der Waals surface area (Å²) in [6.07, 6.45) is 0.529. The summed E-state index contributed by atoms with van der Waals surface area (Å²) in [7, 11) is 1.59. The van der Waals surface area contributed by atoms with Crippen LogP contribution in [-0.2, 0) is 16.1 Å². The van der Waals surface area contributed by atoms with Gasteiger partial charge in [0.1, 0.15) is 11.8 Å². The van der Waals surface area contributed by atoms with Crippen molar-refractivity contribution in [3.05, 3.63) is 64.7 Å². The van der Waals surface area contributed by atoms with Crippen LogP contribution >= 0.6 is 0 Å². The molecule has 2 aromatic rings. The number of carbonyl (C=O) groups is 2. The third-order valence-corrected chi connectivity index (χ3v) is 5.07. The summed E-state index contributed by atoms with van der Waals surface area (Å²) in [6.45, 7) is 8.21. The van der Waals surface area contributed by atoms with Crippen molar-refractivity contribution < 1.29 is 14.3 Å². The third-order valence-electron chi connectivity index (χ3n) is 5.07. The van der Waals surface area contributed by atoms with Crippen LogP contribution in [0, 0.1) is 20.8 Å². The Morgan fingerprint density at radius 2 is 1.75 bits per heavy atom. The Hall–Kier alpha value is -2.82. The van der Waals surface area contributed by atoms with Gasteiger partial charge in [0.25, 0.3) is 5.91 Å². The van der Waals surface area contributed by atoms with E-state index in [0.29, 0.717) is 18.7 Å². The lowest BCUT2D eigenvalue weighted by Crippen LogP contribution is -2.49. The number of hydrogen-bond acceptors (Lipinski definition) is 3. The molecule has 0 heterocycles. The molecule has 0 spiro atoms. The van der Waals surface area contributed by atoms with E-state index in [1.807, 2.05) is 70.2 Å². The number of amides is 2. The first kappa shape index (κ1) is 21.5. The van der Waals surface area contributed by atoms with Crippen molar-refractivity contribution in [2.45, 2.75) is 46.7 Å². The quantitative estimate of drug-likeness (QED) is 0.760. The fourth-order valence-corrected chi connectivity index (χ4v) is 3.09. The molecule has 0 saturated carbocycles. The lowest BCUT2D eigenvalue weighted by Gasteiger charge is -2.30. The van der Waals surface area contributed by atoms with Crippen molar-refractivity contribution in [3.8, 4) is 5.75 Å². The zero-order chi connectivity index (χ0) is 20.7. The number of rotatable bonds is 8. The van der Waals surface area contributed by atoms with Gasteiger partial charge in [-0.25, -0.2) is 0 Å². The summed E-state index contributed by atoms with van der Waals surface area (Å²) < 4.78 is 5.74. The Kier molecular flexibility index (Phi) is 7.61. The number of benzene rings is 2. The van der Waals surface area contributed by atoms with Gasteiger partial charge < -0.3 is 15.0 Å². The molecule has 0 aliphatic carbocycles. The van der Waals surface area contributed by atoms with Gasteiger partial charge in [0.2, 0.25) is 5.91 Å². The first-order valence-electron chi connectivity index (χ1n) is 9.63. The van der Waals surface area contributed by atoms with Crippen LogP contribution in [0.2, 0.25) is 0 Å². The molecule has 150 valence electrons. The summed E-state index contributed by atoms with van der Waals surface area (Å²) in [5, 5.41) is 2.67. The van der Waals surface area contributed by atoms with Gasteiger partial charge in [-0.3, -0.25) is 9.59 Å². The van der Waals surface area contributed by atoms with Crippen molar-refractivity contribution in [1.29, 1.82) is 0 Å². The number of ether oxygens (including phenoxy) is 1. The van der Waals surface area contributed by atoms with Gasteiger partial charge in [0.15, 0.2) is 6.61 Å². The van der Waals surface area contributed by atoms with E-state index >= 15 is 0 Å². The minimum absolute atomic E-state index is 0.109. The lowest BCUT2D eigenvalue weighted by atomic mass is 10.1. The molecule has 0 fully saturated rings. The van der Waals surface area contributed by atoms with Crippen LogP contribution in [0.3, 0.4) is 0 Å². The van der Waals surface area contributed by atoms with Gasteiger partial charge in [-0.2, -0.15) is 0 Å². The van der Waals surface area contributed by atoms with E-state index in [0.717, 1.165) is 16.7 Å². The second-order valence-corrected chi connectivity index (χ2v) is 7.02. The van der Waals surface area contributed by atoms with E-state index < -0.39 is 6.04 Å². The molecule has 0 saturated heterocycles. The second kappa shape index (κ2) is 9.93. The highest BCUT2D eigenvalue weighted by molar-refractivity contribution is 5.88. The Labute approximate surface area is 167 Å². The maximum Gasteiger partial charge on any atom is 0.261 e. The topological polar surface area (TPSA) is 58.6 Å². The predicted octanol–water partition coefficient (Wildman–Crippen LogP) is 3.54. The molecule has 1 N–H and O–H groups in total. The van der Waals surface area contributed by atoms with Gasteiger partial charge >= 0.3 is 0 Å². The lowest BCUT2D eigenvalue weighted by molar-refractivity contribution is -0.142. The van der Waals surface area contributed by atoms with Crippen molar-refractivity contribution in [3.63, 3.8) is 0 Å². The van der Waals surface area contributed by atoms with Crippen LogP contribution in [0.5, 0.6) is 5.75 Å². The number of aryl methyl sites for hydroxylation is 3. The first-order valence-corrected chi connectivity index (χ1v) is 9.63. The molecule has 0 unspecified atom stereocenters. The number of hydrogen-bond donors (Lipinski definition) is 1. The average molecular weight is 383 g/mol. The monoisotopic (exact) mass is 382 g/mol. The summed E-state index contributed by atoms with van der Waals surface area (Å²) in [5.74, 6) is 0.271. The Morgan fingerprint density at radius 1 is 1.04 bits per heavy atom. The molecular formula is C23H30N2O3. The molecule has 2 aromatic carbocycles. The molecule has 0 radical (unpaired) electrons. The molecule has 0 aromatic heterocycles. The summed E-state index contributed by atoms with van der Waals surface area (Å²) >= 11 is 0. The summed E-state index contributed by atoms with van der Waals surface area (Å²) in [4.78, 5) is 27.0. The minimum atomic E-state index is -0.541. The maximum absolute atomic E-state index is 13.0. The highest BCUT2D eigenvalue weighted by atomic mass is 16.5. The molecule has 2 rings (SSSR count). The molecule has 0 aliphatic rings. The van der Waals surface area contributed by atoms with E-state index in [9.17, 15) is 9.59 Å². The van der Waals surface area contributed by atoms with E-state index in [-0.39, 0.29) is 18.4 Å². The third kappa shape index (κ3) is 5.35. The van der Waals surface area contributed by atoms with Crippen LogP contribution in [-0.4, -0.2) is 36.4 Å². The standard InChI is InChI=1S/C23H30N2O3/c1-6-21(23(27)24-5)25(14-19-10-8-7-9-17(19)3)22(26)15-28-20-12-11-16(2)18(4)13-20/h7-13,21H,6,14-15H2,1-5H3,(H,24,27)/t21-/m0/s1. The maximum atomic E-state index is 13.0. The Morgan fingerprint density at radius 3 is 2.36 bits per heavy atom. The number of carbonyl (C=O) groups excluding carboxylic acids is 2. The van der Waals surface area contributed by atoms with Gasteiger partial charge in [0.05, 0.1) is 0 Å². The van der Waals surface area contributed by atoms with E-state index in [4.69, 9.17) is 4.74 Å². The highest BCUT2D eigenvalue weighted by Gasteiger charge is 2.28. The SMILES string of the molecule is CC[C@@H](C(=O)NC)N(Cc1ccccc1C)C(=O)COc1ccc(C)c(C)c1. The molecule has 0 aliphatic heterocycles. The van der Waals surface area contributed by atoms with Crippen LogP contribution in [0.4, 0.5) is 0 Å². The smallest absolute Gasteiger partial charge is 0.261 e. The Bertz CT molecular complexity index is 832. The normalized spacial score (nSPS) is 11.6. The number of likely N-dealkylation sites (N-methyl/N-ethyl adjacent to an activating group) is 1. The minimum Gasteiger partial charge on any atom is -0.484 e. The summed E-state index contributed by atoms with van der Waals surface area (Å²) in [6, 6.07) is 13.1. The van der Waals surface area contributed by atoms with Gasteiger partial charge in [-0.1, -0.05) is 37.3 Å². The molecular weight excluding hydrogens is 352 g/mol. The van der Waals surface area contributed by atoms with Gasteiger partial charge in [0, 0.05) is 13.6 Å². The molecule has 0 bridgehead atoms. The fourth-order valence-electron chi connectivity index (χ4n) is 3.09. The Balaban J connectivity index is 2.21. The predicted molar refractivity (Wildman–Crippen MR) is 111 cm³/mol.